The molecule has 0 unspecified atom stereocenters. The predicted octanol–water partition coefficient (Wildman–Crippen LogP) is 0.378. The van der Waals surface area contributed by atoms with Crippen molar-refractivity contribution in [3.05, 3.63) is 23.3 Å². The van der Waals surface area contributed by atoms with Crippen LogP contribution in [0, 0.1) is 6.92 Å². The van der Waals surface area contributed by atoms with Crippen molar-refractivity contribution in [2.24, 2.45) is 0 Å². The molecule has 2 aromatic heterocycles. The van der Waals surface area contributed by atoms with Gasteiger partial charge in [0.25, 0.3) is 5.78 Å². The molecule has 72 valence electrons. The fraction of sp³-hybridized carbons (Fsp3) is 0.444. The number of nitrogens with zero attached hydrogens (tertiary/aromatic N) is 5. The van der Waals surface area contributed by atoms with Crippen LogP contribution in [0.25, 0.3) is 5.78 Å². The molecule has 2 aromatic rings. The average Bonchev–Trinajstić information content (AvgIpc) is 2.68. The zero-order valence-corrected chi connectivity index (χ0v) is 8.23. The Hall–Kier alpha value is -1.49. The van der Waals surface area contributed by atoms with Crippen molar-refractivity contribution in [2.75, 3.05) is 7.05 Å². The highest BCUT2D eigenvalue weighted by atomic mass is 15.3. The minimum absolute atomic E-state index is 0.705. The Kier molecular flexibility index (Phi) is 1.41. The molecule has 5 heteroatoms. The van der Waals surface area contributed by atoms with Crippen LogP contribution in [0.3, 0.4) is 0 Å². The van der Waals surface area contributed by atoms with E-state index in [2.05, 4.69) is 27.1 Å². The van der Waals surface area contributed by atoms with Gasteiger partial charge in [0.05, 0.1) is 0 Å². The first-order valence-corrected chi connectivity index (χ1v) is 4.63. The van der Waals surface area contributed by atoms with Gasteiger partial charge in [-0.3, -0.25) is 9.30 Å². The molecule has 1 aliphatic rings. The lowest BCUT2D eigenvalue weighted by atomic mass is 10.3. The Morgan fingerprint density at radius 3 is 3.00 bits per heavy atom. The average molecular weight is 189 g/mol. The molecule has 0 amide bonds. The minimum Gasteiger partial charge on any atom is -0.296 e. The zero-order valence-electron chi connectivity index (χ0n) is 8.23. The number of aryl methyl sites for hydroxylation is 1. The molecule has 0 spiro atoms. The van der Waals surface area contributed by atoms with E-state index in [-0.39, 0.29) is 0 Å². The summed E-state index contributed by atoms with van der Waals surface area (Å²) in [5, 5.41) is 8.03. The third-order valence-corrected chi connectivity index (χ3v) is 2.64. The maximum absolute atomic E-state index is 4.27. The Bertz CT molecular complexity index is 501. The van der Waals surface area contributed by atoms with E-state index in [1.165, 1.54) is 11.3 Å². The summed E-state index contributed by atoms with van der Waals surface area (Å²) in [6.45, 7) is 3.88. The molecule has 3 rings (SSSR count). The fourth-order valence-electron chi connectivity index (χ4n) is 2.01. The van der Waals surface area contributed by atoms with E-state index in [9.17, 15) is 0 Å². The van der Waals surface area contributed by atoms with Gasteiger partial charge in [0.2, 0.25) is 0 Å². The van der Waals surface area contributed by atoms with Crippen LogP contribution < -0.4 is 0 Å². The molecule has 5 nitrogen and oxygen atoms in total. The summed E-state index contributed by atoms with van der Waals surface area (Å²) in [4.78, 5) is 6.53. The van der Waals surface area contributed by atoms with Crippen LogP contribution in [0.5, 0.6) is 0 Å². The van der Waals surface area contributed by atoms with E-state index >= 15 is 0 Å². The van der Waals surface area contributed by atoms with Crippen molar-refractivity contribution >= 4 is 5.78 Å². The molecule has 0 aromatic carbocycles. The summed E-state index contributed by atoms with van der Waals surface area (Å²) in [6, 6.07) is 0. The van der Waals surface area contributed by atoms with Crippen LogP contribution in [-0.4, -0.2) is 31.5 Å². The maximum atomic E-state index is 4.27. The van der Waals surface area contributed by atoms with Gasteiger partial charge in [-0.15, -0.1) is 10.2 Å². The second kappa shape index (κ2) is 2.51. The molecular formula is C9H11N5. The van der Waals surface area contributed by atoms with Crippen molar-refractivity contribution in [3.63, 3.8) is 0 Å². The molecule has 0 atom stereocenters. The lowest BCUT2D eigenvalue weighted by molar-refractivity contribution is 0.350. The summed E-state index contributed by atoms with van der Waals surface area (Å²) in [5.74, 6) is 1.62. The Morgan fingerprint density at radius 1 is 1.29 bits per heavy atom. The van der Waals surface area contributed by atoms with Gasteiger partial charge in [0.1, 0.15) is 5.82 Å². The summed E-state index contributed by atoms with van der Waals surface area (Å²) in [6.07, 6.45) is 1.91. The Morgan fingerprint density at radius 2 is 2.14 bits per heavy atom. The molecule has 0 aliphatic carbocycles. The normalized spacial score (nSPS) is 16.4. The van der Waals surface area contributed by atoms with Crippen LogP contribution in [-0.2, 0) is 13.1 Å². The first-order valence-electron chi connectivity index (χ1n) is 4.63. The highest BCUT2D eigenvalue weighted by Crippen LogP contribution is 2.21. The third-order valence-electron chi connectivity index (χ3n) is 2.64. The van der Waals surface area contributed by atoms with Gasteiger partial charge < -0.3 is 0 Å². The van der Waals surface area contributed by atoms with E-state index in [1.807, 2.05) is 17.5 Å². The summed E-state index contributed by atoms with van der Waals surface area (Å²) in [7, 11) is 2.10. The predicted molar refractivity (Wildman–Crippen MR) is 50.7 cm³/mol. The molecular weight excluding hydrogens is 178 g/mol. The third kappa shape index (κ3) is 0.899. The van der Waals surface area contributed by atoms with Crippen molar-refractivity contribution in [1.29, 1.82) is 0 Å². The lowest BCUT2D eigenvalue weighted by Gasteiger charge is -2.03. The Labute approximate surface area is 81.4 Å². The van der Waals surface area contributed by atoms with Crippen molar-refractivity contribution in [1.82, 2.24) is 24.5 Å². The van der Waals surface area contributed by atoms with Crippen LogP contribution in [0.15, 0.2) is 6.20 Å². The monoisotopic (exact) mass is 189 g/mol. The van der Waals surface area contributed by atoms with Crippen molar-refractivity contribution < 1.29 is 0 Å². The van der Waals surface area contributed by atoms with Crippen LogP contribution >= 0.6 is 0 Å². The molecule has 1 aliphatic heterocycles. The second-order valence-electron chi connectivity index (χ2n) is 3.79. The van der Waals surface area contributed by atoms with E-state index in [1.54, 1.807) is 0 Å². The van der Waals surface area contributed by atoms with E-state index in [0.29, 0.717) is 5.78 Å². The molecule has 0 bridgehead atoms. The fourth-order valence-corrected chi connectivity index (χ4v) is 2.01. The number of rotatable bonds is 0. The number of hydrogen-bond acceptors (Lipinski definition) is 4. The number of fused-ring (bicyclic) bond motifs is 3. The SMILES string of the molecule is Cc1nnc2ncc3c(n12)CN(C)C3. The van der Waals surface area contributed by atoms with Gasteiger partial charge in [0, 0.05) is 30.5 Å². The van der Waals surface area contributed by atoms with E-state index in [4.69, 9.17) is 0 Å². The summed E-state index contributed by atoms with van der Waals surface area (Å²) < 4.78 is 2.04. The molecule has 0 N–H and O–H groups in total. The quantitative estimate of drug-likeness (QED) is 0.601. The lowest BCUT2D eigenvalue weighted by Crippen LogP contribution is -2.08. The maximum Gasteiger partial charge on any atom is 0.255 e. The topological polar surface area (TPSA) is 46.3 Å². The molecule has 14 heavy (non-hydrogen) atoms. The van der Waals surface area contributed by atoms with Crippen molar-refractivity contribution in [3.8, 4) is 0 Å². The first kappa shape index (κ1) is 7.87. The molecule has 0 radical (unpaired) electrons. The molecule has 0 saturated heterocycles. The van der Waals surface area contributed by atoms with Crippen LogP contribution in [0.1, 0.15) is 17.1 Å². The zero-order chi connectivity index (χ0) is 9.71. The van der Waals surface area contributed by atoms with Crippen LogP contribution in [0.2, 0.25) is 0 Å². The van der Waals surface area contributed by atoms with E-state index < -0.39 is 0 Å². The molecule has 0 saturated carbocycles. The van der Waals surface area contributed by atoms with Crippen LogP contribution in [0.4, 0.5) is 0 Å². The first-order chi connectivity index (χ1) is 6.75. The highest BCUT2D eigenvalue weighted by molar-refractivity contribution is 5.36. The number of aromatic nitrogens is 4. The highest BCUT2D eigenvalue weighted by Gasteiger charge is 2.20. The van der Waals surface area contributed by atoms with Gasteiger partial charge in [-0.1, -0.05) is 0 Å². The smallest absolute Gasteiger partial charge is 0.255 e. The summed E-state index contributed by atoms with van der Waals surface area (Å²) >= 11 is 0. The van der Waals surface area contributed by atoms with Gasteiger partial charge in [-0.25, -0.2) is 4.98 Å². The standard InChI is InChI=1S/C9H11N5/c1-6-11-12-9-10-3-7-4-13(2)5-8(7)14(6)9/h3H,4-5H2,1-2H3. The van der Waals surface area contributed by atoms with E-state index in [0.717, 1.165) is 18.9 Å². The minimum atomic E-state index is 0.705. The van der Waals surface area contributed by atoms with Gasteiger partial charge in [0.15, 0.2) is 0 Å². The Balaban J connectivity index is 2.37. The van der Waals surface area contributed by atoms with Gasteiger partial charge >= 0.3 is 0 Å². The van der Waals surface area contributed by atoms with Crippen molar-refractivity contribution in [2.45, 2.75) is 20.0 Å². The second-order valence-corrected chi connectivity index (χ2v) is 3.79. The summed E-state index contributed by atoms with van der Waals surface area (Å²) in [5.41, 5.74) is 2.56. The van der Waals surface area contributed by atoms with Gasteiger partial charge in [-0.2, -0.15) is 0 Å². The molecule has 0 fully saturated rings. The van der Waals surface area contributed by atoms with Gasteiger partial charge in [-0.05, 0) is 14.0 Å². The largest absolute Gasteiger partial charge is 0.296 e. The number of hydrogen-bond donors (Lipinski definition) is 0. The molecule has 3 heterocycles.